The third-order valence-electron chi connectivity index (χ3n) is 2.86. The van der Waals surface area contributed by atoms with E-state index in [1.165, 1.54) is 0 Å². The first kappa shape index (κ1) is 11.9. The second-order valence-electron chi connectivity index (χ2n) is 4.05. The third kappa shape index (κ3) is 2.76. The molecule has 1 saturated heterocycles. The summed E-state index contributed by atoms with van der Waals surface area (Å²) in [7, 11) is 0. The number of aryl methyl sites for hydroxylation is 1. The average molecular weight is 239 g/mol. The van der Waals surface area contributed by atoms with Crippen LogP contribution in [0.3, 0.4) is 0 Å². The molecule has 1 fully saturated rings. The lowest BCUT2D eigenvalue weighted by Crippen LogP contribution is -2.44. The third-order valence-corrected chi connectivity index (χ3v) is 2.86. The number of morpholine rings is 1. The molecule has 6 heteroatoms. The molecule has 1 aliphatic heterocycles. The molecule has 0 aromatic carbocycles. The number of hydrogen-bond donors (Lipinski definition) is 1. The van der Waals surface area contributed by atoms with Crippen molar-refractivity contribution >= 4 is 11.9 Å². The van der Waals surface area contributed by atoms with Crippen LogP contribution in [0.4, 0.5) is 5.95 Å². The van der Waals surface area contributed by atoms with Gasteiger partial charge in [-0.2, -0.15) is 0 Å². The van der Waals surface area contributed by atoms with E-state index in [0.29, 0.717) is 13.2 Å². The van der Waals surface area contributed by atoms with E-state index < -0.39 is 5.97 Å². The smallest absolute Gasteiger partial charge is 0.306 e. The summed E-state index contributed by atoms with van der Waals surface area (Å²) in [5.41, 5.74) is 0. The van der Waals surface area contributed by atoms with Crippen LogP contribution in [0.2, 0.25) is 0 Å². The Hall–Kier alpha value is -1.56. The number of carboxylic acids is 1. The molecule has 0 radical (unpaired) electrons. The van der Waals surface area contributed by atoms with Gasteiger partial charge in [-0.15, -0.1) is 0 Å². The van der Waals surface area contributed by atoms with Crippen molar-refractivity contribution in [3.8, 4) is 0 Å². The van der Waals surface area contributed by atoms with Crippen molar-refractivity contribution in [3.05, 3.63) is 12.4 Å². The van der Waals surface area contributed by atoms with Gasteiger partial charge in [0.1, 0.15) is 0 Å². The van der Waals surface area contributed by atoms with Gasteiger partial charge in [-0.3, -0.25) is 4.79 Å². The Morgan fingerprint density at radius 1 is 1.71 bits per heavy atom. The van der Waals surface area contributed by atoms with Gasteiger partial charge < -0.3 is 19.3 Å². The quantitative estimate of drug-likeness (QED) is 0.832. The zero-order chi connectivity index (χ0) is 12.3. The number of aliphatic carboxylic acids is 1. The largest absolute Gasteiger partial charge is 0.481 e. The first-order valence-electron chi connectivity index (χ1n) is 5.80. The Balaban J connectivity index is 2.04. The number of carboxylic acid groups (broad SMARTS) is 1. The molecule has 0 amide bonds. The fourth-order valence-corrected chi connectivity index (χ4v) is 2.05. The molecule has 1 aliphatic rings. The van der Waals surface area contributed by atoms with Crippen molar-refractivity contribution in [1.29, 1.82) is 0 Å². The van der Waals surface area contributed by atoms with Crippen LogP contribution in [0, 0.1) is 0 Å². The van der Waals surface area contributed by atoms with Crippen molar-refractivity contribution in [1.82, 2.24) is 9.55 Å². The minimum Gasteiger partial charge on any atom is -0.481 e. The summed E-state index contributed by atoms with van der Waals surface area (Å²) in [6.07, 6.45) is 3.49. The maximum Gasteiger partial charge on any atom is 0.306 e. The molecule has 1 aromatic heterocycles. The predicted octanol–water partition coefficient (Wildman–Crippen LogP) is 0.583. The molecule has 0 spiro atoms. The van der Waals surface area contributed by atoms with Crippen LogP contribution in [0.25, 0.3) is 0 Å². The predicted molar refractivity (Wildman–Crippen MR) is 62.1 cm³/mol. The lowest BCUT2D eigenvalue weighted by atomic mass is 10.2. The number of aromatic nitrogens is 2. The standard InChI is InChI=1S/C11H17N3O3/c1-2-13-4-3-12-11(13)14-5-6-17-9(8-14)7-10(15)16/h3-4,9H,2,5-8H2,1H3,(H,15,16). The van der Waals surface area contributed by atoms with Gasteiger partial charge in [-0.25, -0.2) is 4.98 Å². The van der Waals surface area contributed by atoms with Crippen LogP contribution >= 0.6 is 0 Å². The second kappa shape index (κ2) is 5.18. The van der Waals surface area contributed by atoms with Gasteiger partial charge in [0.25, 0.3) is 0 Å². The van der Waals surface area contributed by atoms with Crippen LogP contribution in [0.1, 0.15) is 13.3 Å². The molecule has 94 valence electrons. The van der Waals surface area contributed by atoms with Gasteiger partial charge in [0.15, 0.2) is 0 Å². The first-order valence-corrected chi connectivity index (χ1v) is 5.80. The summed E-state index contributed by atoms with van der Waals surface area (Å²) >= 11 is 0. The monoisotopic (exact) mass is 239 g/mol. The molecule has 6 nitrogen and oxygen atoms in total. The number of carbonyl (C=O) groups is 1. The first-order chi connectivity index (χ1) is 8.20. The summed E-state index contributed by atoms with van der Waals surface area (Å²) in [6.45, 7) is 4.81. The molecule has 17 heavy (non-hydrogen) atoms. The number of imidazole rings is 1. The minimum absolute atomic E-state index is 0.0450. The molecule has 2 heterocycles. The molecule has 1 N–H and O–H groups in total. The Morgan fingerprint density at radius 2 is 2.53 bits per heavy atom. The van der Waals surface area contributed by atoms with Crippen molar-refractivity contribution in [2.75, 3.05) is 24.6 Å². The topological polar surface area (TPSA) is 67.6 Å². The van der Waals surface area contributed by atoms with E-state index in [1.54, 1.807) is 6.20 Å². The van der Waals surface area contributed by atoms with Crippen molar-refractivity contribution in [3.63, 3.8) is 0 Å². The maximum absolute atomic E-state index is 10.7. The summed E-state index contributed by atoms with van der Waals surface area (Å²) < 4.78 is 7.48. The van der Waals surface area contributed by atoms with E-state index in [2.05, 4.69) is 16.8 Å². The van der Waals surface area contributed by atoms with Crippen LogP contribution in [-0.4, -0.2) is 46.4 Å². The highest BCUT2D eigenvalue weighted by Gasteiger charge is 2.24. The molecular weight excluding hydrogens is 222 g/mol. The molecule has 0 saturated carbocycles. The van der Waals surface area contributed by atoms with E-state index in [-0.39, 0.29) is 12.5 Å². The number of hydrogen-bond acceptors (Lipinski definition) is 4. The molecular formula is C11H17N3O3. The van der Waals surface area contributed by atoms with Gasteiger partial charge in [-0.05, 0) is 6.92 Å². The van der Waals surface area contributed by atoms with Gasteiger partial charge >= 0.3 is 5.97 Å². The van der Waals surface area contributed by atoms with Gasteiger partial charge in [0, 0.05) is 32.0 Å². The second-order valence-corrected chi connectivity index (χ2v) is 4.05. The maximum atomic E-state index is 10.7. The van der Waals surface area contributed by atoms with Crippen molar-refractivity contribution in [2.24, 2.45) is 0 Å². The number of anilines is 1. The number of rotatable bonds is 4. The van der Waals surface area contributed by atoms with Gasteiger partial charge in [0.2, 0.25) is 5.95 Å². The fourth-order valence-electron chi connectivity index (χ4n) is 2.05. The Kier molecular flexibility index (Phi) is 3.63. The Morgan fingerprint density at radius 3 is 3.24 bits per heavy atom. The molecule has 2 rings (SSSR count). The summed E-state index contributed by atoms with van der Waals surface area (Å²) in [5.74, 6) is 0.0712. The highest BCUT2D eigenvalue weighted by molar-refractivity contribution is 5.67. The van der Waals surface area contributed by atoms with Crippen LogP contribution in [0.5, 0.6) is 0 Å². The van der Waals surface area contributed by atoms with Crippen LogP contribution in [-0.2, 0) is 16.1 Å². The summed E-state index contributed by atoms with van der Waals surface area (Å²) in [6, 6.07) is 0. The fraction of sp³-hybridized carbons (Fsp3) is 0.636. The molecule has 1 aromatic rings. The molecule has 1 unspecified atom stereocenters. The summed E-state index contributed by atoms with van der Waals surface area (Å²) in [4.78, 5) is 17.1. The molecule has 0 aliphatic carbocycles. The highest BCUT2D eigenvalue weighted by atomic mass is 16.5. The van der Waals surface area contributed by atoms with Crippen molar-refractivity contribution in [2.45, 2.75) is 26.0 Å². The molecule has 1 atom stereocenters. The van der Waals surface area contributed by atoms with Gasteiger partial charge in [0.05, 0.1) is 19.1 Å². The van der Waals surface area contributed by atoms with Crippen LogP contribution in [0.15, 0.2) is 12.4 Å². The summed E-state index contributed by atoms with van der Waals surface area (Å²) in [5, 5.41) is 8.76. The zero-order valence-electron chi connectivity index (χ0n) is 9.87. The highest BCUT2D eigenvalue weighted by Crippen LogP contribution is 2.17. The average Bonchev–Trinajstić information content (AvgIpc) is 2.76. The lowest BCUT2D eigenvalue weighted by molar-refractivity contribution is -0.140. The number of nitrogens with zero attached hydrogens (tertiary/aromatic N) is 3. The van der Waals surface area contributed by atoms with E-state index in [0.717, 1.165) is 19.0 Å². The minimum atomic E-state index is -0.823. The van der Waals surface area contributed by atoms with E-state index in [9.17, 15) is 4.79 Å². The lowest BCUT2D eigenvalue weighted by Gasteiger charge is -2.33. The van der Waals surface area contributed by atoms with Crippen LogP contribution < -0.4 is 4.90 Å². The zero-order valence-corrected chi connectivity index (χ0v) is 9.87. The van der Waals surface area contributed by atoms with E-state index in [1.807, 2.05) is 10.8 Å². The number of ether oxygens (including phenoxy) is 1. The molecule has 0 bridgehead atoms. The van der Waals surface area contributed by atoms with E-state index >= 15 is 0 Å². The Bertz CT molecular complexity index is 391. The van der Waals surface area contributed by atoms with Crippen molar-refractivity contribution < 1.29 is 14.6 Å². The Labute approximate surface area is 99.8 Å². The SMILES string of the molecule is CCn1ccnc1N1CCOC(CC(=O)O)C1. The normalized spacial score (nSPS) is 20.5. The van der Waals surface area contributed by atoms with Gasteiger partial charge in [-0.1, -0.05) is 0 Å². The van der Waals surface area contributed by atoms with E-state index in [4.69, 9.17) is 9.84 Å².